The van der Waals surface area contributed by atoms with Gasteiger partial charge in [-0.15, -0.1) is 12.6 Å². The third-order valence-corrected chi connectivity index (χ3v) is 11.2. The average molecular weight is 578 g/mol. The normalized spacial score (nSPS) is 35.5. The molecule has 8 nitrogen and oxygen atoms in total. The number of aromatic nitrogens is 3. The van der Waals surface area contributed by atoms with Gasteiger partial charge in [0, 0.05) is 5.41 Å². The zero-order chi connectivity index (χ0) is 28.7. The lowest BCUT2D eigenvalue weighted by atomic mass is 9.45. The van der Waals surface area contributed by atoms with Crippen molar-refractivity contribution >= 4 is 29.8 Å². The smallest absolute Gasteiger partial charge is 0.375 e. The summed E-state index contributed by atoms with van der Waals surface area (Å²) < 4.78 is 26.5. The highest BCUT2D eigenvalue weighted by Crippen LogP contribution is 2.68. The summed E-state index contributed by atoms with van der Waals surface area (Å²) in [6, 6.07) is 6.11. The predicted molar refractivity (Wildman–Crippen MR) is 150 cm³/mol. The van der Waals surface area contributed by atoms with Crippen LogP contribution in [0.25, 0.3) is 11.8 Å². The number of hydrogen-bond acceptors (Lipinski definition) is 7. The quantitative estimate of drug-likeness (QED) is 0.249. The lowest BCUT2D eigenvalue weighted by Crippen LogP contribution is -2.62. The molecule has 0 bridgehead atoms. The van der Waals surface area contributed by atoms with Gasteiger partial charge < -0.3 is 14.3 Å². The van der Waals surface area contributed by atoms with Gasteiger partial charge in [0.05, 0.1) is 36.1 Å². The Bertz CT molecular complexity index is 1570. The molecule has 0 spiro atoms. The molecule has 4 aliphatic carbocycles. The maximum Gasteiger partial charge on any atom is 0.375 e. The minimum absolute atomic E-state index is 0.0313. The first-order valence-corrected chi connectivity index (χ1v) is 14.6. The monoisotopic (exact) mass is 577 g/mol. The Kier molecular flexibility index (Phi) is 5.93. The Hall–Kier alpha value is -3.24. The third kappa shape index (κ3) is 3.69. The summed E-state index contributed by atoms with van der Waals surface area (Å²) in [6.45, 7) is 4.23. The number of pyridine rings is 1. The number of carbonyl (C=O) groups is 2. The number of allylic oxidation sites excluding steroid dienone is 1. The molecule has 0 saturated heterocycles. The van der Waals surface area contributed by atoms with Gasteiger partial charge in [0.15, 0.2) is 5.60 Å². The van der Waals surface area contributed by atoms with Crippen molar-refractivity contribution in [2.45, 2.75) is 64.1 Å². The minimum Gasteiger partial charge on any atom is -0.457 e. The van der Waals surface area contributed by atoms with E-state index in [9.17, 15) is 19.1 Å². The second kappa shape index (κ2) is 9.13. The molecular formula is C31H32FN3O5S. The van der Waals surface area contributed by atoms with Crippen molar-refractivity contribution in [3.8, 4) is 5.69 Å². The fraction of sp³-hybridized carbons (Fsp3) is 0.484. The van der Waals surface area contributed by atoms with Crippen LogP contribution in [0, 0.1) is 34.5 Å². The van der Waals surface area contributed by atoms with E-state index in [1.165, 1.54) is 30.2 Å². The number of furan rings is 1. The topological polar surface area (TPSA) is 107 Å². The number of hydrogen-bond donors (Lipinski definition) is 2. The number of thiol groups is 1. The van der Waals surface area contributed by atoms with Gasteiger partial charge in [0.25, 0.3) is 0 Å². The third-order valence-electron chi connectivity index (χ3n) is 10.8. The van der Waals surface area contributed by atoms with Crippen molar-refractivity contribution in [2.75, 3.05) is 0 Å². The Balaban J connectivity index is 1.22. The highest BCUT2D eigenvalue weighted by Gasteiger charge is 2.70. The summed E-state index contributed by atoms with van der Waals surface area (Å²) in [7, 11) is 0. The molecule has 1 N–H and O–H groups in total. The summed E-state index contributed by atoms with van der Waals surface area (Å²) in [5.41, 5.74) is 1.48. The summed E-state index contributed by atoms with van der Waals surface area (Å²) in [5.74, 6) is -1.01. The largest absolute Gasteiger partial charge is 0.457 e. The number of esters is 1. The van der Waals surface area contributed by atoms with Gasteiger partial charge in [-0.2, -0.15) is 9.49 Å². The van der Waals surface area contributed by atoms with E-state index < -0.39 is 34.2 Å². The molecule has 3 heterocycles. The Morgan fingerprint density at radius 3 is 2.76 bits per heavy atom. The molecule has 4 aliphatic rings. The Morgan fingerprint density at radius 1 is 1.22 bits per heavy atom. The molecule has 3 aromatic heterocycles. The zero-order valence-electron chi connectivity index (χ0n) is 22.9. The first kappa shape index (κ1) is 26.6. The molecule has 3 saturated carbocycles. The zero-order valence-corrected chi connectivity index (χ0v) is 23.8. The van der Waals surface area contributed by atoms with E-state index in [1.54, 1.807) is 16.8 Å². The SMILES string of the molecule is C[C@]12Cc3cnn(-c4ccc(F)nc4)c3C=C1CC[C@@H]1[C@@H]2[C@@H](O)C[C@@]2(C)[C@H]1CCC2(OC(=O)c1ccco1)C(=O)S. The van der Waals surface area contributed by atoms with Crippen molar-refractivity contribution in [1.82, 2.24) is 14.8 Å². The molecular weight excluding hydrogens is 545 g/mol. The van der Waals surface area contributed by atoms with Gasteiger partial charge >= 0.3 is 5.97 Å². The molecule has 0 aromatic carbocycles. The highest BCUT2D eigenvalue weighted by molar-refractivity contribution is 7.96. The molecule has 3 fully saturated rings. The maximum absolute atomic E-state index is 13.4. The van der Waals surface area contributed by atoms with E-state index in [4.69, 9.17) is 9.15 Å². The number of ether oxygens (including phenoxy) is 1. The molecule has 0 radical (unpaired) electrons. The fourth-order valence-electron chi connectivity index (χ4n) is 9.04. The average Bonchev–Trinajstić information content (AvgIpc) is 3.66. The van der Waals surface area contributed by atoms with Crippen LogP contribution in [0.3, 0.4) is 0 Å². The molecule has 7 rings (SSSR count). The first-order valence-electron chi connectivity index (χ1n) is 14.2. The van der Waals surface area contributed by atoms with Crippen LogP contribution in [0.15, 0.2) is 52.9 Å². The first-order chi connectivity index (χ1) is 19.6. The van der Waals surface area contributed by atoms with Gasteiger partial charge in [-0.1, -0.05) is 19.4 Å². The minimum atomic E-state index is -1.45. The number of nitrogens with zero attached hydrogens (tertiary/aromatic N) is 3. The van der Waals surface area contributed by atoms with Crippen molar-refractivity contribution < 1.29 is 28.2 Å². The maximum atomic E-state index is 13.4. The van der Waals surface area contributed by atoms with Crippen LogP contribution in [-0.2, 0) is 16.0 Å². The van der Waals surface area contributed by atoms with Gasteiger partial charge in [0.2, 0.25) is 16.8 Å². The van der Waals surface area contributed by atoms with Crippen LogP contribution in [0.4, 0.5) is 4.39 Å². The van der Waals surface area contributed by atoms with Crippen LogP contribution in [0.2, 0.25) is 0 Å². The molecule has 10 heteroatoms. The standard InChI is InChI=1S/C31H32FN3O5S/c1-29-13-17-15-34-35(19-6-8-25(32)33-16-19)22(17)12-18(29)5-7-20-21-9-10-31(28(38)41,30(21,2)14-23(36)26(20)29)40-27(37)24-4-3-11-39-24/h3-4,6,8,11-12,15-16,20-21,23,26,36H,5,7,9-10,13-14H2,1-2H3,(H,38,41)/t20-,21-,23-,26+,29-,30-,31?/m0/s1. The van der Waals surface area contributed by atoms with Crippen LogP contribution < -0.4 is 0 Å². The molecule has 214 valence electrons. The number of aliphatic hydroxyl groups is 1. The number of halogens is 1. The van der Waals surface area contributed by atoms with Crippen molar-refractivity contribution in [1.29, 1.82) is 0 Å². The van der Waals surface area contributed by atoms with Gasteiger partial charge in [-0.05, 0) is 97.6 Å². The highest BCUT2D eigenvalue weighted by atomic mass is 32.1. The Morgan fingerprint density at radius 2 is 2.05 bits per heavy atom. The van der Waals surface area contributed by atoms with E-state index >= 15 is 0 Å². The Labute approximate surface area is 242 Å². The van der Waals surface area contributed by atoms with E-state index in [2.05, 4.69) is 35.7 Å². The van der Waals surface area contributed by atoms with Gasteiger partial charge in [-0.25, -0.2) is 14.5 Å². The molecule has 7 atom stereocenters. The van der Waals surface area contributed by atoms with Gasteiger partial charge in [-0.3, -0.25) is 4.79 Å². The fourth-order valence-corrected chi connectivity index (χ4v) is 9.45. The molecule has 3 aromatic rings. The van der Waals surface area contributed by atoms with E-state index in [1.807, 2.05) is 13.1 Å². The summed E-state index contributed by atoms with van der Waals surface area (Å²) in [4.78, 5) is 30.0. The molecule has 0 aliphatic heterocycles. The second-order valence-corrected chi connectivity index (χ2v) is 13.0. The summed E-state index contributed by atoms with van der Waals surface area (Å²) in [6.07, 6.45) is 10.0. The number of aliphatic hydroxyl groups excluding tert-OH is 1. The number of fused-ring (bicyclic) bond motifs is 6. The summed E-state index contributed by atoms with van der Waals surface area (Å²) in [5, 5.41) is 16.0. The van der Waals surface area contributed by atoms with E-state index in [-0.39, 0.29) is 28.9 Å². The lowest BCUT2D eigenvalue weighted by Gasteiger charge is -2.60. The molecule has 0 amide bonds. The van der Waals surface area contributed by atoms with Crippen molar-refractivity contribution in [2.24, 2.45) is 28.6 Å². The summed E-state index contributed by atoms with van der Waals surface area (Å²) >= 11 is 4.26. The van der Waals surface area contributed by atoms with Crippen molar-refractivity contribution in [3.63, 3.8) is 0 Å². The van der Waals surface area contributed by atoms with Crippen LogP contribution in [0.1, 0.15) is 67.8 Å². The predicted octanol–water partition coefficient (Wildman–Crippen LogP) is 5.20. The number of rotatable bonds is 4. The number of carbonyl (C=O) groups excluding carboxylic acids is 2. The van der Waals surface area contributed by atoms with E-state index in [0.717, 1.165) is 24.1 Å². The van der Waals surface area contributed by atoms with Crippen molar-refractivity contribution in [3.05, 3.63) is 71.5 Å². The van der Waals surface area contributed by atoms with E-state index in [0.29, 0.717) is 31.4 Å². The van der Waals surface area contributed by atoms with Gasteiger partial charge in [0.1, 0.15) is 0 Å². The molecule has 1 unspecified atom stereocenters. The van der Waals surface area contributed by atoms with Crippen LogP contribution in [-0.4, -0.2) is 42.7 Å². The van der Waals surface area contributed by atoms with Crippen LogP contribution in [0.5, 0.6) is 0 Å². The second-order valence-electron chi connectivity index (χ2n) is 12.6. The molecule has 41 heavy (non-hydrogen) atoms. The van der Waals surface area contributed by atoms with Crippen LogP contribution >= 0.6 is 12.6 Å². The lowest BCUT2D eigenvalue weighted by molar-refractivity contribution is -0.174.